The first kappa shape index (κ1) is 28.9. The number of rotatable bonds is 25. The van der Waals surface area contributed by atoms with E-state index in [1.54, 1.807) is 0 Å². The van der Waals surface area contributed by atoms with Crippen molar-refractivity contribution in [1.29, 1.82) is 0 Å². The van der Waals surface area contributed by atoms with Gasteiger partial charge in [-0.1, -0.05) is 105 Å². The molecular weight excluding hydrogens is 458 g/mol. The molecule has 0 aromatic rings. The molecule has 0 saturated carbocycles. The summed E-state index contributed by atoms with van der Waals surface area (Å²) >= 11 is 0. The molecule has 0 rings (SSSR count). The number of hydrogen-bond acceptors (Lipinski definition) is 5. The van der Waals surface area contributed by atoms with Crippen molar-refractivity contribution < 1.29 is 33.4 Å². The summed E-state index contributed by atoms with van der Waals surface area (Å²) in [5, 5.41) is 22.9. The first-order valence-electron chi connectivity index (χ1n) is 15.8. The van der Waals surface area contributed by atoms with Crippen molar-refractivity contribution in [3.05, 3.63) is 0 Å². The Hall–Kier alpha value is -1.63. The summed E-state index contributed by atoms with van der Waals surface area (Å²) in [7, 11) is 0. The molecule has 0 spiro atoms. The molecule has 212 valence electrons. The summed E-state index contributed by atoms with van der Waals surface area (Å²) < 4.78 is 28.4. The molecule has 7 nitrogen and oxygen atoms in total. The minimum absolute atomic E-state index is 0.0177. The number of carbonyl (C=O) groups is 3. The Balaban J connectivity index is 5.23. The third-order valence-electron chi connectivity index (χ3n) is 6.71. The molecule has 0 aromatic carbocycles. The summed E-state index contributed by atoms with van der Waals surface area (Å²) in [5.41, 5.74) is 0. The zero-order valence-electron chi connectivity index (χ0n) is 26.0. The van der Waals surface area contributed by atoms with E-state index < -0.39 is 48.9 Å². The number of aliphatic hydroxyl groups excluding tert-OH is 1. The van der Waals surface area contributed by atoms with Crippen LogP contribution in [0.1, 0.15) is 141 Å². The van der Waals surface area contributed by atoms with Crippen molar-refractivity contribution in [1.82, 2.24) is 5.32 Å². The van der Waals surface area contributed by atoms with Gasteiger partial charge in [0.2, 0.25) is 6.41 Å². The molecule has 7 heteroatoms. The zero-order valence-corrected chi connectivity index (χ0v) is 23.0. The number of unbranched alkanes of at least 4 members (excludes halogenated alkanes) is 11. The Bertz CT molecular complexity index is 661. The first-order valence-corrected chi connectivity index (χ1v) is 14.3. The van der Waals surface area contributed by atoms with Gasteiger partial charge in [-0.15, -0.1) is 0 Å². The summed E-state index contributed by atoms with van der Waals surface area (Å²) in [6.07, 6.45) is 12.8. The number of carbonyl (C=O) groups excluding carboxylic acids is 2. The van der Waals surface area contributed by atoms with E-state index in [1.807, 2.05) is 0 Å². The lowest BCUT2D eigenvalue weighted by atomic mass is 9.90. The monoisotopic (exact) mass is 516 g/mol. The van der Waals surface area contributed by atoms with Crippen molar-refractivity contribution in [2.45, 2.75) is 155 Å². The number of amides is 1. The van der Waals surface area contributed by atoms with Gasteiger partial charge in [-0.2, -0.15) is 0 Å². The summed E-state index contributed by atoms with van der Waals surface area (Å²) in [6.45, 7) is 3.46. The van der Waals surface area contributed by atoms with Gasteiger partial charge in [0.1, 0.15) is 12.1 Å². The maximum absolute atomic E-state index is 13.0. The molecule has 0 aliphatic rings. The minimum atomic E-state index is -2.29. The van der Waals surface area contributed by atoms with Crippen LogP contribution in [-0.4, -0.2) is 46.8 Å². The van der Waals surface area contributed by atoms with Gasteiger partial charge < -0.3 is 20.3 Å². The largest absolute Gasteiger partial charge is 0.481 e. The number of carboxylic acids is 1. The molecule has 0 bridgehead atoms. The standard InChI is InChI=1S/C29H55NO6/c1-5-7-9-11-12-13-14-15-16-18-24(36-29(35)26(30-22-31)20-23(3)4)21-27(32)25(28(33)34)19-17-10-8-6-2/h22-27,32H,5-21H2,1-4H3,(H,30,31)(H,33,34)/t24-,25+,26-,27-/m0/s1/i3D3/t23?,24-,25+,26-,27-. The fraction of sp³-hybridized carbons (Fsp3) is 0.897. The van der Waals surface area contributed by atoms with E-state index in [1.165, 1.54) is 39.0 Å². The molecule has 1 amide bonds. The van der Waals surface area contributed by atoms with E-state index in [0.717, 1.165) is 44.9 Å². The Kier molecular flexibility index (Phi) is 18.1. The fourth-order valence-electron chi connectivity index (χ4n) is 4.53. The number of carboxylic acid groups (broad SMARTS) is 1. The molecular formula is C29H55NO6. The number of nitrogens with one attached hydrogen (secondary N) is 1. The highest BCUT2D eigenvalue weighted by Gasteiger charge is 2.31. The quantitative estimate of drug-likeness (QED) is 0.0735. The van der Waals surface area contributed by atoms with E-state index >= 15 is 0 Å². The van der Waals surface area contributed by atoms with Crippen molar-refractivity contribution in [3.8, 4) is 0 Å². The van der Waals surface area contributed by atoms with E-state index in [2.05, 4.69) is 19.2 Å². The van der Waals surface area contributed by atoms with Crippen LogP contribution < -0.4 is 5.32 Å². The number of aliphatic carboxylic acids is 1. The number of aliphatic hydroxyl groups is 1. The first-order chi connectivity index (χ1) is 18.5. The van der Waals surface area contributed by atoms with Gasteiger partial charge in [0.25, 0.3) is 0 Å². The van der Waals surface area contributed by atoms with Crippen LogP contribution in [0.4, 0.5) is 0 Å². The third kappa shape index (κ3) is 17.7. The molecule has 3 N–H and O–H groups in total. The lowest BCUT2D eigenvalue weighted by molar-refractivity contribution is -0.156. The van der Waals surface area contributed by atoms with Crippen LogP contribution in [0.3, 0.4) is 0 Å². The normalized spacial score (nSPS) is 17.1. The van der Waals surface area contributed by atoms with Crippen LogP contribution in [0.25, 0.3) is 0 Å². The van der Waals surface area contributed by atoms with Gasteiger partial charge >= 0.3 is 11.9 Å². The summed E-state index contributed by atoms with van der Waals surface area (Å²) in [4.78, 5) is 36.0. The van der Waals surface area contributed by atoms with Crippen molar-refractivity contribution in [2.75, 3.05) is 0 Å². The second kappa shape index (κ2) is 22.6. The number of hydrogen-bond donors (Lipinski definition) is 3. The average molecular weight is 517 g/mol. The van der Waals surface area contributed by atoms with Crippen LogP contribution in [0.15, 0.2) is 0 Å². The lowest BCUT2D eigenvalue weighted by Gasteiger charge is -2.26. The summed E-state index contributed by atoms with van der Waals surface area (Å²) in [5.74, 6) is -3.63. The Morgan fingerprint density at radius 1 is 0.889 bits per heavy atom. The van der Waals surface area contributed by atoms with Crippen molar-refractivity contribution >= 4 is 18.3 Å². The molecule has 0 heterocycles. The highest BCUT2D eigenvalue weighted by atomic mass is 16.5. The molecule has 5 atom stereocenters. The zero-order chi connectivity index (χ0) is 29.7. The maximum atomic E-state index is 13.0. The maximum Gasteiger partial charge on any atom is 0.328 e. The van der Waals surface area contributed by atoms with Crippen molar-refractivity contribution in [3.63, 3.8) is 0 Å². The average Bonchev–Trinajstić information content (AvgIpc) is 2.86. The smallest absolute Gasteiger partial charge is 0.328 e. The number of esters is 1. The second-order valence-corrected chi connectivity index (χ2v) is 10.2. The predicted octanol–water partition coefficient (Wildman–Crippen LogP) is 6.40. The molecule has 0 aliphatic carbocycles. The van der Waals surface area contributed by atoms with Gasteiger partial charge in [0.15, 0.2) is 0 Å². The van der Waals surface area contributed by atoms with Crippen LogP contribution in [-0.2, 0) is 19.1 Å². The van der Waals surface area contributed by atoms with E-state index in [4.69, 9.17) is 8.85 Å². The molecule has 0 radical (unpaired) electrons. The fourth-order valence-corrected chi connectivity index (χ4v) is 4.53. The van der Waals surface area contributed by atoms with Gasteiger partial charge in [-0.3, -0.25) is 9.59 Å². The Morgan fingerprint density at radius 3 is 1.94 bits per heavy atom. The highest BCUT2D eigenvalue weighted by Crippen LogP contribution is 2.23. The summed E-state index contributed by atoms with van der Waals surface area (Å²) in [6, 6.07) is -1.13. The second-order valence-electron chi connectivity index (χ2n) is 10.2. The molecule has 0 aliphatic heterocycles. The van der Waals surface area contributed by atoms with E-state index in [-0.39, 0.29) is 12.8 Å². The number of ether oxygens (including phenoxy) is 1. The molecule has 0 aromatic heterocycles. The van der Waals surface area contributed by atoms with Crippen LogP contribution in [0.5, 0.6) is 0 Å². The van der Waals surface area contributed by atoms with Crippen molar-refractivity contribution in [2.24, 2.45) is 11.8 Å². The third-order valence-corrected chi connectivity index (χ3v) is 6.71. The van der Waals surface area contributed by atoms with Crippen LogP contribution in [0, 0.1) is 11.8 Å². The van der Waals surface area contributed by atoms with Gasteiger partial charge in [0.05, 0.1) is 12.0 Å². The highest BCUT2D eigenvalue weighted by molar-refractivity contribution is 5.78. The predicted molar refractivity (Wildman–Crippen MR) is 145 cm³/mol. The topological polar surface area (TPSA) is 113 Å². The van der Waals surface area contributed by atoms with Crippen LogP contribution >= 0.6 is 0 Å². The van der Waals surface area contributed by atoms with Gasteiger partial charge in [-0.25, -0.2) is 4.79 Å². The van der Waals surface area contributed by atoms with Gasteiger partial charge in [0, 0.05) is 10.5 Å². The SMILES string of the molecule is [2H]C([2H])([2H])C(C)C[C@H](NC=O)C(=O)O[C@@H](CCCCCCCCCCC)C[C@H](O)[C@@H](CCCCCC)C(=O)O. The van der Waals surface area contributed by atoms with Gasteiger partial charge in [-0.05, 0) is 31.6 Å². The van der Waals surface area contributed by atoms with E-state index in [9.17, 15) is 24.6 Å². The molecule has 1 unspecified atom stereocenters. The lowest BCUT2D eigenvalue weighted by Crippen LogP contribution is -2.41. The minimum Gasteiger partial charge on any atom is -0.481 e. The van der Waals surface area contributed by atoms with E-state index in [0.29, 0.717) is 25.7 Å². The molecule has 36 heavy (non-hydrogen) atoms. The molecule has 0 fully saturated rings. The molecule has 0 saturated heterocycles. The Morgan fingerprint density at radius 2 is 1.42 bits per heavy atom. The Labute approximate surface area is 224 Å². The van der Waals surface area contributed by atoms with Crippen LogP contribution in [0.2, 0.25) is 0 Å².